The van der Waals surface area contributed by atoms with Crippen LogP contribution in [0.15, 0.2) is 53.3 Å². The Balaban J connectivity index is 1.75. The first kappa shape index (κ1) is 16.6. The molecule has 1 amide bonds. The van der Waals surface area contributed by atoms with Gasteiger partial charge in [-0.25, -0.2) is 0 Å². The highest BCUT2D eigenvalue weighted by molar-refractivity contribution is 6.35. The lowest BCUT2D eigenvalue weighted by molar-refractivity contribution is 0.0955. The lowest BCUT2D eigenvalue weighted by Gasteiger charge is -2.09. The fourth-order valence-corrected chi connectivity index (χ4v) is 3.03. The Bertz CT molecular complexity index is 967. The number of aromatic amines is 1. The number of H-pyrrole nitrogens is 1. The maximum Gasteiger partial charge on any atom is 0.252 e. The number of para-hydroxylation sites is 1. The Kier molecular flexibility index (Phi) is 4.88. The first-order chi connectivity index (χ1) is 11.5. The number of carbonyl (C=O) groups excluding carboxylic acids is 1. The van der Waals surface area contributed by atoms with Gasteiger partial charge in [0.2, 0.25) is 5.56 Å². The number of hydrogen-bond acceptors (Lipinski definition) is 2. The number of amides is 1. The lowest BCUT2D eigenvalue weighted by atomic mass is 10.1. The van der Waals surface area contributed by atoms with Gasteiger partial charge in [0.1, 0.15) is 0 Å². The molecule has 0 aliphatic heterocycles. The van der Waals surface area contributed by atoms with Gasteiger partial charge in [0, 0.05) is 33.6 Å². The van der Waals surface area contributed by atoms with E-state index >= 15 is 0 Å². The summed E-state index contributed by atoms with van der Waals surface area (Å²) in [7, 11) is 0. The Morgan fingerprint density at radius 3 is 2.67 bits per heavy atom. The van der Waals surface area contributed by atoms with Crippen molar-refractivity contribution in [2.45, 2.75) is 6.42 Å². The van der Waals surface area contributed by atoms with E-state index in [-0.39, 0.29) is 11.5 Å². The van der Waals surface area contributed by atoms with Crippen LogP contribution in [0, 0.1) is 0 Å². The second kappa shape index (κ2) is 7.07. The number of benzene rings is 2. The number of aromatic nitrogens is 1. The van der Waals surface area contributed by atoms with E-state index in [0.717, 1.165) is 5.56 Å². The monoisotopic (exact) mass is 360 g/mol. The van der Waals surface area contributed by atoms with E-state index < -0.39 is 0 Å². The van der Waals surface area contributed by atoms with Crippen molar-refractivity contribution in [2.24, 2.45) is 0 Å². The standard InChI is InChI=1S/C18H14Cl2N2O2/c19-12-6-5-11(15(20)9-12)7-8-21-18(24)14-10-17(23)22-16-4-2-1-3-13(14)16/h1-6,9-10H,7-8H2,(H,21,24)(H,22,23). The van der Waals surface area contributed by atoms with Crippen molar-refractivity contribution < 1.29 is 4.79 Å². The summed E-state index contributed by atoms with van der Waals surface area (Å²) in [5, 5.41) is 4.67. The summed E-state index contributed by atoms with van der Waals surface area (Å²) in [6.07, 6.45) is 0.572. The molecule has 2 N–H and O–H groups in total. The summed E-state index contributed by atoms with van der Waals surface area (Å²) in [5.41, 5.74) is 1.59. The molecule has 0 saturated carbocycles. The van der Waals surface area contributed by atoms with Crippen molar-refractivity contribution in [2.75, 3.05) is 6.54 Å². The van der Waals surface area contributed by atoms with Gasteiger partial charge in [0.05, 0.1) is 5.56 Å². The third kappa shape index (κ3) is 3.61. The highest BCUT2D eigenvalue weighted by Crippen LogP contribution is 2.21. The summed E-state index contributed by atoms with van der Waals surface area (Å²) in [5.74, 6) is -0.289. The average molecular weight is 361 g/mol. The first-order valence-electron chi connectivity index (χ1n) is 7.39. The van der Waals surface area contributed by atoms with E-state index in [1.54, 1.807) is 24.3 Å². The molecular formula is C18H14Cl2N2O2. The number of fused-ring (bicyclic) bond motifs is 1. The summed E-state index contributed by atoms with van der Waals surface area (Å²) < 4.78 is 0. The molecule has 2 aromatic carbocycles. The predicted molar refractivity (Wildman–Crippen MR) is 97.1 cm³/mol. The van der Waals surface area contributed by atoms with E-state index in [9.17, 15) is 9.59 Å². The summed E-state index contributed by atoms with van der Waals surface area (Å²) in [4.78, 5) is 26.9. The molecule has 3 rings (SSSR count). The Morgan fingerprint density at radius 2 is 1.88 bits per heavy atom. The van der Waals surface area contributed by atoms with Crippen molar-refractivity contribution in [3.63, 3.8) is 0 Å². The minimum atomic E-state index is -0.306. The van der Waals surface area contributed by atoms with Crippen molar-refractivity contribution in [3.8, 4) is 0 Å². The van der Waals surface area contributed by atoms with E-state index in [4.69, 9.17) is 23.2 Å². The lowest BCUT2D eigenvalue weighted by Crippen LogP contribution is -2.27. The number of carbonyl (C=O) groups is 1. The van der Waals surface area contributed by atoms with Gasteiger partial charge in [0.25, 0.3) is 5.91 Å². The average Bonchev–Trinajstić information content (AvgIpc) is 2.56. The van der Waals surface area contributed by atoms with Crippen molar-refractivity contribution in [1.82, 2.24) is 10.3 Å². The maximum absolute atomic E-state index is 12.4. The van der Waals surface area contributed by atoms with Crippen LogP contribution in [0.3, 0.4) is 0 Å². The number of halogens is 2. The number of hydrogen-bond donors (Lipinski definition) is 2. The van der Waals surface area contributed by atoms with Crippen LogP contribution in [0.4, 0.5) is 0 Å². The van der Waals surface area contributed by atoms with Crippen LogP contribution in [0.5, 0.6) is 0 Å². The third-order valence-electron chi connectivity index (χ3n) is 3.69. The highest BCUT2D eigenvalue weighted by Gasteiger charge is 2.11. The van der Waals surface area contributed by atoms with Gasteiger partial charge in [-0.2, -0.15) is 0 Å². The van der Waals surface area contributed by atoms with Gasteiger partial charge in [-0.15, -0.1) is 0 Å². The minimum Gasteiger partial charge on any atom is -0.352 e. The molecule has 0 bridgehead atoms. The molecule has 3 aromatic rings. The second-order valence-electron chi connectivity index (χ2n) is 5.33. The summed E-state index contributed by atoms with van der Waals surface area (Å²) >= 11 is 12.0. The third-order valence-corrected chi connectivity index (χ3v) is 4.28. The molecule has 6 heteroatoms. The van der Waals surface area contributed by atoms with E-state index in [1.165, 1.54) is 6.07 Å². The molecule has 0 aliphatic carbocycles. The molecule has 0 atom stereocenters. The molecule has 1 aromatic heterocycles. The second-order valence-corrected chi connectivity index (χ2v) is 6.18. The maximum atomic E-state index is 12.4. The van der Waals surface area contributed by atoms with Gasteiger partial charge in [-0.1, -0.05) is 47.5 Å². The van der Waals surface area contributed by atoms with Crippen LogP contribution in [0.2, 0.25) is 10.0 Å². The molecule has 4 nitrogen and oxygen atoms in total. The highest BCUT2D eigenvalue weighted by atomic mass is 35.5. The van der Waals surface area contributed by atoms with Crippen LogP contribution >= 0.6 is 23.2 Å². The number of rotatable bonds is 4. The minimum absolute atomic E-state index is 0.289. The molecule has 0 aliphatic rings. The zero-order chi connectivity index (χ0) is 17.1. The molecule has 0 fully saturated rings. The SMILES string of the molecule is O=C(NCCc1ccc(Cl)cc1Cl)c1cc(=O)[nH]c2ccccc12. The predicted octanol–water partition coefficient (Wildman–Crippen LogP) is 3.81. The van der Waals surface area contributed by atoms with Crippen LogP contribution in [0.25, 0.3) is 10.9 Å². The van der Waals surface area contributed by atoms with Crippen LogP contribution in [0.1, 0.15) is 15.9 Å². The normalized spacial score (nSPS) is 10.8. The zero-order valence-electron chi connectivity index (χ0n) is 12.6. The Morgan fingerprint density at radius 1 is 1.08 bits per heavy atom. The molecule has 0 unspecified atom stereocenters. The zero-order valence-corrected chi connectivity index (χ0v) is 14.1. The van der Waals surface area contributed by atoms with Crippen molar-refractivity contribution >= 4 is 40.0 Å². The van der Waals surface area contributed by atoms with E-state index in [1.807, 2.05) is 18.2 Å². The fourth-order valence-electron chi connectivity index (χ4n) is 2.52. The molecule has 0 saturated heterocycles. The van der Waals surface area contributed by atoms with Crippen molar-refractivity contribution in [3.05, 3.63) is 80.1 Å². The molecule has 122 valence electrons. The number of pyridine rings is 1. The van der Waals surface area contributed by atoms with Crippen molar-refractivity contribution in [1.29, 1.82) is 0 Å². The molecule has 0 radical (unpaired) electrons. The Labute approximate surface area is 148 Å². The van der Waals surface area contributed by atoms with Crippen LogP contribution < -0.4 is 10.9 Å². The van der Waals surface area contributed by atoms with E-state index in [2.05, 4.69) is 10.3 Å². The van der Waals surface area contributed by atoms with E-state index in [0.29, 0.717) is 39.5 Å². The van der Waals surface area contributed by atoms with Gasteiger partial charge in [0.15, 0.2) is 0 Å². The largest absolute Gasteiger partial charge is 0.352 e. The topological polar surface area (TPSA) is 62.0 Å². The fraction of sp³-hybridized carbons (Fsp3) is 0.111. The summed E-state index contributed by atoms with van der Waals surface area (Å²) in [6, 6.07) is 13.8. The Hall–Kier alpha value is -2.30. The van der Waals surface area contributed by atoms with Crippen LogP contribution in [-0.4, -0.2) is 17.4 Å². The molecule has 1 heterocycles. The van der Waals surface area contributed by atoms with Gasteiger partial charge in [-0.3, -0.25) is 9.59 Å². The van der Waals surface area contributed by atoms with Gasteiger partial charge >= 0.3 is 0 Å². The van der Waals surface area contributed by atoms with Crippen LogP contribution in [-0.2, 0) is 6.42 Å². The van der Waals surface area contributed by atoms with Gasteiger partial charge < -0.3 is 10.3 Å². The molecule has 0 spiro atoms. The van der Waals surface area contributed by atoms with Gasteiger partial charge in [-0.05, 0) is 30.2 Å². The quantitative estimate of drug-likeness (QED) is 0.742. The molecular weight excluding hydrogens is 347 g/mol. The smallest absolute Gasteiger partial charge is 0.252 e. The molecule has 24 heavy (non-hydrogen) atoms. The first-order valence-corrected chi connectivity index (χ1v) is 8.14. The number of nitrogens with one attached hydrogen (secondary N) is 2. The summed E-state index contributed by atoms with van der Waals surface area (Å²) in [6.45, 7) is 0.404.